The number of rotatable bonds is 6. The first-order valence-corrected chi connectivity index (χ1v) is 7.57. The van der Waals surface area contributed by atoms with Crippen LogP contribution in [0.5, 0.6) is 0 Å². The lowest BCUT2D eigenvalue weighted by Crippen LogP contribution is -2.39. The van der Waals surface area contributed by atoms with Crippen LogP contribution >= 0.6 is 0 Å². The molecule has 2 rings (SSSR count). The lowest BCUT2D eigenvalue weighted by Gasteiger charge is -2.27. The van der Waals surface area contributed by atoms with E-state index in [1.807, 2.05) is 25.1 Å². The third-order valence-electron chi connectivity index (χ3n) is 4.40. The minimum Gasteiger partial charge on any atom is -0.395 e. The number of benzene rings is 1. The van der Waals surface area contributed by atoms with E-state index in [-0.39, 0.29) is 12.4 Å². The Hall–Kier alpha value is -1.19. The van der Waals surface area contributed by atoms with Crippen LogP contribution < -0.4 is 0 Å². The Labute approximate surface area is 121 Å². The molecule has 1 aliphatic rings. The van der Waals surface area contributed by atoms with E-state index in [9.17, 15) is 9.90 Å². The van der Waals surface area contributed by atoms with Crippen molar-refractivity contribution >= 4 is 5.78 Å². The van der Waals surface area contributed by atoms with Crippen molar-refractivity contribution in [2.75, 3.05) is 19.7 Å². The molecule has 0 radical (unpaired) electrons. The second-order valence-corrected chi connectivity index (χ2v) is 5.85. The standard InChI is InChI=1S/C17H25NO2/c1-13-7-8-15(11-14(13)2)17(20)12-18(9-10-19)16-5-3-4-6-16/h7-8,11,16,19H,3-6,9-10,12H2,1-2H3. The first-order valence-electron chi connectivity index (χ1n) is 7.57. The van der Waals surface area contributed by atoms with E-state index in [0.717, 1.165) is 24.0 Å². The lowest BCUT2D eigenvalue weighted by molar-refractivity contribution is 0.0862. The van der Waals surface area contributed by atoms with Gasteiger partial charge in [-0.3, -0.25) is 9.69 Å². The van der Waals surface area contributed by atoms with Gasteiger partial charge in [0.15, 0.2) is 5.78 Å². The van der Waals surface area contributed by atoms with Crippen LogP contribution in [0.15, 0.2) is 18.2 Å². The van der Waals surface area contributed by atoms with E-state index in [4.69, 9.17) is 0 Å². The van der Waals surface area contributed by atoms with Crippen LogP contribution in [0.4, 0.5) is 0 Å². The van der Waals surface area contributed by atoms with Crippen LogP contribution in [0.1, 0.15) is 47.2 Å². The SMILES string of the molecule is Cc1ccc(C(=O)CN(CCO)C2CCCC2)cc1C. The normalized spacial score (nSPS) is 16.0. The molecule has 0 aliphatic heterocycles. The summed E-state index contributed by atoms with van der Waals surface area (Å²) < 4.78 is 0. The van der Waals surface area contributed by atoms with Crippen LogP contribution in [0.25, 0.3) is 0 Å². The predicted molar refractivity (Wildman–Crippen MR) is 81.2 cm³/mol. The van der Waals surface area contributed by atoms with Crippen LogP contribution in [-0.2, 0) is 0 Å². The Morgan fingerprint density at radius 3 is 2.55 bits per heavy atom. The van der Waals surface area contributed by atoms with Crippen LogP contribution in [0.3, 0.4) is 0 Å². The van der Waals surface area contributed by atoms with Crippen molar-refractivity contribution in [2.24, 2.45) is 0 Å². The minimum atomic E-state index is 0.122. The van der Waals surface area contributed by atoms with Gasteiger partial charge in [0.1, 0.15) is 0 Å². The number of aliphatic hydroxyl groups excluding tert-OH is 1. The summed E-state index contributed by atoms with van der Waals surface area (Å²) in [6.07, 6.45) is 4.79. The molecule has 0 bridgehead atoms. The highest BCUT2D eigenvalue weighted by Crippen LogP contribution is 2.23. The summed E-state index contributed by atoms with van der Waals surface area (Å²) in [6.45, 7) is 5.24. The highest BCUT2D eigenvalue weighted by Gasteiger charge is 2.24. The third kappa shape index (κ3) is 3.68. The molecule has 20 heavy (non-hydrogen) atoms. The van der Waals surface area contributed by atoms with Gasteiger partial charge in [-0.2, -0.15) is 0 Å². The molecule has 0 saturated heterocycles. The van der Waals surface area contributed by atoms with E-state index in [1.54, 1.807) is 0 Å². The predicted octanol–water partition coefficient (Wildman–Crippen LogP) is 2.72. The number of carbonyl (C=O) groups is 1. The summed E-state index contributed by atoms with van der Waals surface area (Å²) in [7, 11) is 0. The molecule has 1 N–H and O–H groups in total. The zero-order valence-corrected chi connectivity index (χ0v) is 12.6. The van der Waals surface area contributed by atoms with Gasteiger partial charge in [0.05, 0.1) is 13.2 Å². The number of ketones is 1. The number of hydrogen-bond donors (Lipinski definition) is 1. The minimum absolute atomic E-state index is 0.122. The van der Waals surface area contributed by atoms with Crippen LogP contribution in [0, 0.1) is 13.8 Å². The molecule has 0 amide bonds. The van der Waals surface area contributed by atoms with E-state index in [2.05, 4.69) is 11.8 Å². The van der Waals surface area contributed by atoms with E-state index in [0.29, 0.717) is 19.1 Å². The number of aryl methyl sites for hydroxylation is 2. The molecule has 0 spiro atoms. The average Bonchev–Trinajstić information content (AvgIpc) is 2.95. The Balaban J connectivity index is 2.05. The Bertz CT molecular complexity index is 464. The zero-order valence-electron chi connectivity index (χ0n) is 12.6. The third-order valence-corrected chi connectivity index (χ3v) is 4.40. The van der Waals surface area contributed by atoms with Gasteiger partial charge in [-0.1, -0.05) is 25.0 Å². The van der Waals surface area contributed by atoms with E-state index in [1.165, 1.54) is 18.4 Å². The fraction of sp³-hybridized carbons (Fsp3) is 0.588. The molecule has 1 aromatic carbocycles. The van der Waals surface area contributed by atoms with E-state index < -0.39 is 0 Å². The number of hydrogen-bond acceptors (Lipinski definition) is 3. The highest BCUT2D eigenvalue weighted by molar-refractivity contribution is 5.97. The number of carbonyl (C=O) groups excluding carboxylic acids is 1. The molecule has 0 unspecified atom stereocenters. The van der Waals surface area contributed by atoms with Crippen molar-refractivity contribution in [3.63, 3.8) is 0 Å². The van der Waals surface area contributed by atoms with Gasteiger partial charge in [0.2, 0.25) is 0 Å². The molecule has 1 aromatic rings. The maximum Gasteiger partial charge on any atom is 0.176 e. The molecule has 1 fully saturated rings. The summed E-state index contributed by atoms with van der Waals surface area (Å²) in [4.78, 5) is 14.6. The number of nitrogens with zero attached hydrogens (tertiary/aromatic N) is 1. The van der Waals surface area contributed by atoms with Crippen molar-refractivity contribution in [3.8, 4) is 0 Å². The molecule has 0 aromatic heterocycles. The van der Waals surface area contributed by atoms with Crippen molar-refractivity contribution < 1.29 is 9.90 Å². The maximum atomic E-state index is 12.4. The molecule has 110 valence electrons. The fourth-order valence-corrected chi connectivity index (χ4v) is 2.98. The largest absolute Gasteiger partial charge is 0.395 e. The van der Waals surface area contributed by atoms with Gasteiger partial charge < -0.3 is 5.11 Å². The van der Waals surface area contributed by atoms with Gasteiger partial charge in [-0.15, -0.1) is 0 Å². The fourth-order valence-electron chi connectivity index (χ4n) is 2.98. The first-order chi connectivity index (χ1) is 9.61. The molecular weight excluding hydrogens is 250 g/mol. The summed E-state index contributed by atoms with van der Waals surface area (Å²) in [5.74, 6) is 0.161. The Morgan fingerprint density at radius 1 is 1.25 bits per heavy atom. The monoisotopic (exact) mass is 275 g/mol. The van der Waals surface area contributed by atoms with Crippen molar-refractivity contribution in [3.05, 3.63) is 34.9 Å². The van der Waals surface area contributed by atoms with Gasteiger partial charge in [0.25, 0.3) is 0 Å². The lowest BCUT2D eigenvalue weighted by atomic mass is 10.0. The molecule has 0 heterocycles. The quantitative estimate of drug-likeness (QED) is 0.812. The molecule has 1 aliphatic carbocycles. The summed E-state index contributed by atoms with van der Waals surface area (Å²) in [6, 6.07) is 6.37. The first kappa shape index (κ1) is 15.2. The number of aliphatic hydroxyl groups is 1. The topological polar surface area (TPSA) is 40.5 Å². The van der Waals surface area contributed by atoms with Gasteiger partial charge >= 0.3 is 0 Å². The molecular formula is C17H25NO2. The second kappa shape index (κ2) is 7.00. The zero-order chi connectivity index (χ0) is 14.5. The highest BCUT2D eigenvalue weighted by atomic mass is 16.3. The Kier molecular flexibility index (Phi) is 5.32. The smallest absolute Gasteiger partial charge is 0.176 e. The van der Waals surface area contributed by atoms with Crippen molar-refractivity contribution in [1.29, 1.82) is 0 Å². The van der Waals surface area contributed by atoms with Crippen molar-refractivity contribution in [2.45, 2.75) is 45.6 Å². The van der Waals surface area contributed by atoms with Gasteiger partial charge in [0, 0.05) is 18.2 Å². The van der Waals surface area contributed by atoms with Gasteiger partial charge in [-0.05, 0) is 43.9 Å². The van der Waals surface area contributed by atoms with Crippen LogP contribution in [0.2, 0.25) is 0 Å². The number of Topliss-reactive ketones (excluding diaryl/α,β-unsaturated/α-hetero) is 1. The summed E-state index contributed by atoms with van der Waals surface area (Å²) in [5, 5.41) is 9.21. The molecule has 1 saturated carbocycles. The van der Waals surface area contributed by atoms with E-state index >= 15 is 0 Å². The summed E-state index contributed by atoms with van der Waals surface area (Å²) >= 11 is 0. The average molecular weight is 275 g/mol. The molecule has 0 atom stereocenters. The molecule has 3 heteroatoms. The van der Waals surface area contributed by atoms with Gasteiger partial charge in [-0.25, -0.2) is 0 Å². The molecule has 3 nitrogen and oxygen atoms in total. The Morgan fingerprint density at radius 2 is 1.95 bits per heavy atom. The van der Waals surface area contributed by atoms with Crippen LogP contribution in [-0.4, -0.2) is 41.5 Å². The van der Waals surface area contributed by atoms with Crippen molar-refractivity contribution in [1.82, 2.24) is 4.90 Å². The summed E-state index contributed by atoms with van der Waals surface area (Å²) in [5.41, 5.74) is 3.16. The second-order valence-electron chi connectivity index (χ2n) is 5.85. The maximum absolute atomic E-state index is 12.4.